The van der Waals surface area contributed by atoms with Gasteiger partial charge in [-0.15, -0.1) is 0 Å². The SMILES string of the molecule is O=[N+]([O-])c1ccc(N2CN=NC2)cc1. The highest BCUT2D eigenvalue weighted by molar-refractivity contribution is 5.50. The van der Waals surface area contributed by atoms with Crippen LogP contribution in [-0.4, -0.2) is 18.3 Å². The summed E-state index contributed by atoms with van der Waals surface area (Å²) in [5.41, 5.74) is 1.00. The Labute approximate surface area is 80.0 Å². The van der Waals surface area contributed by atoms with E-state index in [1.807, 2.05) is 4.90 Å². The Balaban J connectivity index is 2.17. The van der Waals surface area contributed by atoms with Crippen LogP contribution in [0.4, 0.5) is 11.4 Å². The maximum atomic E-state index is 10.4. The van der Waals surface area contributed by atoms with E-state index in [0.717, 1.165) is 5.69 Å². The Hall–Kier alpha value is -1.98. The summed E-state index contributed by atoms with van der Waals surface area (Å²) in [7, 11) is 0. The molecule has 1 aromatic rings. The van der Waals surface area contributed by atoms with Crippen molar-refractivity contribution in [3.05, 3.63) is 34.4 Å². The lowest BCUT2D eigenvalue weighted by molar-refractivity contribution is -0.384. The molecule has 1 aromatic carbocycles. The van der Waals surface area contributed by atoms with Crippen molar-refractivity contribution in [2.24, 2.45) is 10.2 Å². The monoisotopic (exact) mass is 192 g/mol. The Morgan fingerprint density at radius 3 is 2.29 bits per heavy atom. The number of benzene rings is 1. The molecule has 0 bridgehead atoms. The van der Waals surface area contributed by atoms with Crippen LogP contribution in [0.25, 0.3) is 0 Å². The van der Waals surface area contributed by atoms with E-state index in [-0.39, 0.29) is 5.69 Å². The fraction of sp³-hybridized carbons (Fsp3) is 0.250. The van der Waals surface area contributed by atoms with Crippen molar-refractivity contribution in [2.45, 2.75) is 0 Å². The number of hydrogen-bond donors (Lipinski definition) is 0. The second-order valence-corrected chi connectivity index (χ2v) is 2.88. The molecule has 6 nitrogen and oxygen atoms in total. The smallest absolute Gasteiger partial charge is 0.269 e. The van der Waals surface area contributed by atoms with Gasteiger partial charge < -0.3 is 4.90 Å². The second-order valence-electron chi connectivity index (χ2n) is 2.88. The minimum Gasteiger partial charge on any atom is -0.329 e. The molecule has 0 aromatic heterocycles. The third kappa shape index (κ3) is 1.54. The minimum atomic E-state index is -0.414. The van der Waals surface area contributed by atoms with Crippen LogP contribution in [-0.2, 0) is 0 Å². The Kier molecular flexibility index (Phi) is 2.10. The van der Waals surface area contributed by atoms with Crippen LogP contribution in [0.15, 0.2) is 34.5 Å². The van der Waals surface area contributed by atoms with E-state index >= 15 is 0 Å². The molecular formula is C8H8N4O2. The number of nitro benzene ring substituents is 1. The molecule has 72 valence electrons. The van der Waals surface area contributed by atoms with Gasteiger partial charge in [0.2, 0.25) is 0 Å². The Morgan fingerprint density at radius 2 is 1.79 bits per heavy atom. The average molecular weight is 192 g/mol. The van der Waals surface area contributed by atoms with Crippen LogP contribution in [0.3, 0.4) is 0 Å². The first-order valence-corrected chi connectivity index (χ1v) is 4.10. The number of nitrogens with zero attached hydrogens (tertiary/aromatic N) is 4. The van der Waals surface area contributed by atoms with Crippen molar-refractivity contribution in [3.63, 3.8) is 0 Å². The number of hydrogen-bond acceptors (Lipinski definition) is 5. The summed E-state index contributed by atoms with van der Waals surface area (Å²) in [6, 6.07) is 6.37. The first-order valence-electron chi connectivity index (χ1n) is 4.10. The van der Waals surface area contributed by atoms with Gasteiger partial charge in [0.15, 0.2) is 0 Å². The molecule has 0 saturated heterocycles. The number of azo groups is 1. The van der Waals surface area contributed by atoms with Crippen LogP contribution in [0.1, 0.15) is 0 Å². The van der Waals surface area contributed by atoms with Gasteiger partial charge in [0.25, 0.3) is 5.69 Å². The van der Waals surface area contributed by atoms with E-state index in [2.05, 4.69) is 10.2 Å². The normalized spacial score (nSPS) is 14.7. The highest BCUT2D eigenvalue weighted by atomic mass is 16.6. The number of rotatable bonds is 2. The molecule has 1 heterocycles. The molecule has 14 heavy (non-hydrogen) atoms. The van der Waals surface area contributed by atoms with Gasteiger partial charge in [0.05, 0.1) is 4.92 Å². The first kappa shape index (κ1) is 8.61. The van der Waals surface area contributed by atoms with Crippen LogP contribution < -0.4 is 4.90 Å². The van der Waals surface area contributed by atoms with Crippen LogP contribution in [0, 0.1) is 10.1 Å². The van der Waals surface area contributed by atoms with Crippen molar-refractivity contribution in [1.29, 1.82) is 0 Å². The Morgan fingerprint density at radius 1 is 1.21 bits per heavy atom. The molecule has 0 radical (unpaired) electrons. The number of non-ortho nitro benzene ring substituents is 1. The summed E-state index contributed by atoms with van der Waals surface area (Å²) in [6.45, 7) is 1.05. The quantitative estimate of drug-likeness (QED) is 0.529. The zero-order chi connectivity index (χ0) is 9.97. The fourth-order valence-corrected chi connectivity index (χ4v) is 1.24. The Bertz CT molecular complexity index is 365. The molecule has 0 aliphatic carbocycles. The van der Waals surface area contributed by atoms with E-state index in [4.69, 9.17) is 0 Å². The van der Waals surface area contributed by atoms with Gasteiger partial charge in [-0.25, -0.2) is 0 Å². The lowest BCUT2D eigenvalue weighted by Gasteiger charge is -2.13. The third-order valence-electron chi connectivity index (χ3n) is 1.99. The summed E-state index contributed by atoms with van der Waals surface area (Å²) < 4.78 is 0. The molecule has 1 aliphatic heterocycles. The second kappa shape index (κ2) is 3.41. The third-order valence-corrected chi connectivity index (χ3v) is 1.99. The van der Waals surface area contributed by atoms with Gasteiger partial charge in [0, 0.05) is 17.8 Å². The zero-order valence-corrected chi connectivity index (χ0v) is 7.33. The molecule has 2 rings (SSSR count). The minimum absolute atomic E-state index is 0.0989. The van der Waals surface area contributed by atoms with Crippen molar-refractivity contribution < 1.29 is 4.92 Å². The van der Waals surface area contributed by atoms with Gasteiger partial charge >= 0.3 is 0 Å². The molecule has 0 saturated carbocycles. The first-order chi connectivity index (χ1) is 6.77. The summed E-state index contributed by atoms with van der Waals surface area (Å²) >= 11 is 0. The van der Waals surface area contributed by atoms with Crippen molar-refractivity contribution in [1.82, 2.24) is 0 Å². The molecular weight excluding hydrogens is 184 g/mol. The van der Waals surface area contributed by atoms with Gasteiger partial charge in [0.1, 0.15) is 13.3 Å². The number of anilines is 1. The standard InChI is InChI=1S/C8H8N4O2/c13-12(14)8-3-1-7(2-4-8)11-5-9-10-6-11/h1-4H,5-6H2. The predicted molar refractivity (Wildman–Crippen MR) is 50.2 cm³/mol. The van der Waals surface area contributed by atoms with Crippen molar-refractivity contribution in [2.75, 3.05) is 18.2 Å². The van der Waals surface area contributed by atoms with E-state index in [9.17, 15) is 10.1 Å². The molecule has 0 atom stereocenters. The lowest BCUT2D eigenvalue weighted by Crippen LogP contribution is -2.17. The van der Waals surface area contributed by atoms with E-state index in [1.54, 1.807) is 12.1 Å². The van der Waals surface area contributed by atoms with Crippen LogP contribution >= 0.6 is 0 Å². The highest BCUT2D eigenvalue weighted by Gasteiger charge is 2.11. The molecule has 0 fully saturated rings. The van der Waals surface area contributed by atoms with Crippen LogP contribution in [0.2, 0.25) is 0 Å². The average Bonchev–Trinajstić information content (AvgIpc) is 2.71. The molecule has 0 N–H and O–H groups in total. The van der Waals surface area contributed by atoms with Crippen molar-refractivity contribution >= 4 is 11.4 Å². The fourth-order valence-electron chi connectivity index (χ4n) is 1.24. The van der Waals surface area contributed by atoms with Crippen LogP contribution in [0.5, 0.6) is 0 Å². The molecule has 0 spiro atoms. The molecule has 6 heteroatoms. The summed E-state index contributed by atoms with van der Waals surface area (Å²) in [5, 5.41) is 18.0. The molecule has 1 aliphatic rings. The lowest BCUT2D eigenvalue weighted by atomic mass is 10.3. The number of nitro groups is 1. The zero-order valence-electron chi connectivity index (χ0n) is 7.33. The maximum Gasteiger partial charge on any atom is 0.269 e. The summed E-state index contributed by atoms with van der Waals surface area (Å²) in [5.74, 6) is 0. The summed E-state index contributed by atoms with van der Waals surface area (Å²) in [6.07, 6.45) is 0. The van der Waals surface area contributed by atoms with Gasteiger partial charge in [-0.1, -0.05) is 0 Å². The van der Waals surface area contributed by atoms with E-state index in [0.29, 0.717) is 13.3 Å². The maximum absolute atomic E-state index is 10.4. The summed E-state index contributed by atoms with van der Waals surface area (Å²) in [4.78, 5) is 11.9. The highest BCUT2D eigenvalue weighted by Crippen LogP contribution is 2.20. The van der Waals surface area contributed by atoms with Gasteiger partial charge in [-0.05, 0) is 12.1 Å². The molecule has 0 amide bonds. The van der Waals surface area contributed by atoms with Gasteiger partial charge in [-0.2, -0.15) is 10.2 Å². The van der Waals surface area contributed by atoms with E-state index in [1.165, 1.54) is 12.1 Å². The largest absolute Gasteiger partial charge is 0.329 e. The topological polar surface area (TPSA) is 71.1 Å². The van der Waals surface area contributed by atoms with Gasteiger partial charge in [-0.3, -0.25) is 10.1 Å². The predicted octanol–water partition coefficient (Wildman–Crippen LogP) is 1.78. The van der Waals surface area contributed by atoms with Crippen molar-refractivity contribution in [3.8, 4) is 0 Å². The van der Waals surface area contributed by atoms with E-state index < -0.39 is 4.92 Å². The molecule has 0 unspecified atom stereocenters.